The largest absolute Gasteiger partial charge is 0.399 e. The van der Waals surface area contributed by atoms with Crippen molar-refractivity contribution in [1.82, 2.24) is 5.32 Å². The van der Waals surface area contributed by atoms with Crippen LogP contribution in [0.5, 0.6) is 0 Å². The molecule has 172 valence electrons. The highest BCUT2D eigenvalue weighted by molar-refractivity contribution is 6.48. The van der Waals surface area contributed by atoms with Crippen molar-refractivity contribution in [3.8, 4) is 0 Å². The molecule has 2 nitrogen and oxygen atoms in total. The summed E-state index contributed by atoms with van der Waals surface area (Å²) >= 11 is 17.6. The van der Waals surface area contributed by atoms with Crippen molar-refractivity contribution in [2.75, 3.05) is 0 Å². The summed E-state index contributed by atoms with van der Waals surface area (Å²) in [6.07, 6.45) is -4.73. The van der Waals surface area contributed by atoms with Crippen molar-refractivity contribution in [1.29, 1.82) is 0 Å². The lowest BCUT2D eigenvalue weighted by Crippen LogP contribution is -2.28. The Morgan fingerprint density at radius 1 is 1.12 bits per heavy atom. The number of nitrogens with one attached hydrogen (secondary N) is 1. The van der Waals surface area contributed by atoms with Crippen molar-refractivity contribution in [3.63, 3.8) is 0 Å². The summed E-state index contributed by atoms with van der Waals surface area (Å²) in [6.45, 7) is 0. The van der Waals surface area contributed by atoms with E-state index in [-0.39, 0.29) is 20.6 Å². The summed E-state index contributed by atoms with van der Waals surface area (Å²) in [5, 5.41) is 2.40. The number of rotatable bonds is 6. The number of hydrogen-bond acceptors (Lipinski definition) is 1. The summed E-state index contributed by atoms with van der Waals surface area (Å²) in [5.74, 6) is -2.69. The zero-order chi connectivity index (χ0) is 23.6. The van der Waals surface area contributed by atoms with Gasteiger partial charge in [-0.25, -0.2) is 8.78 Å². The van der Waals surface area contributed by atoms with Gasteiger partial charge in [0.25, 0.3) is 0 Å². The van der Waals surface area contributed by atoms with Crippen LogP contribution in [0.3, 0.4) is 0 Å². The van der Waals surface area contributed by atoms with Gasteiger partial charge >= 0.3 is 6.18 Å². The monoisotopic (exact) mass is 511 g/mol. The summed E-state index contributed by atoms with van der Waals surface area (Å²) in [4.78, 5) is 11.6. The minimum atomic E-state index is -4.59. The predicted octanol–water partition coefficient (Wildman–Crippen LogP) is 7.76. The van der Waals surface area contributed by atoms with Crippen LogP contribution in [0.2, 0.25) is 15.1 Å². The maximum atomic E-state index is 13.7. The fourth-order valence-electron chi connectivity index (χ4n) is 3.66. The Bertz CT molecular complexity index is 1020. The van der Waals surface area contributed by atoms with Gasteiger partial charge in [-0.2, -0.15) is 13.2 Å². The van der Waals surface area contributed by atoms with E-state index in [0.29, 0.717) is 18.4 Å². The van der Waals surface area contributed by atoms with E-state index in [0.717, 1.165) is 29.3 Å². The normalized spacial score (nSPS) is 17.1. The zero-order valence-corrected chi connectivity index (χ0v) is 18.6. The molecule has 32 heavy (non-hydrogen) atoms. The fraction of sp³-hybridized carbons (Fsp3) is 0.318. The predicted molar refractivity (Wildman–Crippen MR) is 116 cm³/mol. The van der Waals surface area contributed by atoms with Crippen LogP contribution in [-0.4, -0.2) is 18.5 Å². The van der Waals surface area contributed by atoms with E-state index in [4.69, 9.17) is 34.8 Å². The molecule has 10 heteroatoms. The quantitative estimate of drug-likeness (QED) is 0.311. The van der Waals surface area contributed by atoms with Gasteiger partial charge in [-0.1, -0.05) is 65.2 Å². The number of fused-ring (bicyclic) bond motifs is 1. The summed E-state index contributed by atoms with van der Waals surface area (Å²) in [7, 11) is 0. The second kappa shape index (κ2) is 9.98. The van der Waals surface area contributed by atoms with Crippen LogP contribution >= 0.6 is 34.8 Å². The molecule has 1 aliphatic rings. The molecule has 0 spiro atoms. The highest BCUT2D eigenvalue weighted by atomic mass is 35.5. The second-order valence-corrected chi connectivity index (χ2v) is 8.58. The molecule has 0 bridgehead atoms. The number of hydrogen-bond donors (Lipinski definition) is 1. The molecule has 2 atom stereocenters. The van der Waals surface area contributed by atoms with E-state index < -0.39 is 36.9 Å². The van der Waals surface area contributed by atoms with E-state index >= 15 is 0 Å². The van der Waals surface area contributed by atoms with Crippen molar-refractivity contribution >= 4 is 46.8 Å². The third-order valence-electron chi connectivity index (χ3n) is 5.12. The number of allylic oxidation sites excluding steroid dienone is 1. The van der Waals surface area contributed by atoms with E-state index in [1.807, 2.05) is 0 Å². The third-order valence-corrected chi connectivity index (χ3v) is 6.32. The number of benzene rings is 2. The second-order valence-electron chi connectivity index (χ2n) is 7.39. The van der Waals surface area contributed by atoms with E-state index in [2.05, 4.69) is 5.32 Å². The van der Waals surface area contributed by atoms with Gasteiger partial charge < -0.3 is 5.32 Å². The molecule has 0 fully saturated rings. The van der Waals surface area contributed by atoms with Gasteiger partial charge in [-0.3, -0.25) is 4.79 Å². The van der Waals surface area contributed by atoms with Crippen molar-refractivity contribution in [2.24, 2.45) is 0 Å². The first-order chi connectivity index (χ1) is 15.0. The molecular formula is C22H17Cl3F5NO. The van der Waals surface area contributed by atoms with Crippen LogP contribution < -0.4 is 5.32 Å². The zero-order valence-electron chi connectivity index (χ0n) is 16.3. The molecule has 1 N–H and O–H groups in total. The molecule has 2 aromatic rings. The molecule has 3 rings (SSSR count). The number of carbonyl (C=O) groups is 1. The molecule has 0 radical (unpaired) electrons. The van der Waals surface area contributed by atoms with Crippen LogP contribution in [-0.2, 0) is 11.2 Å². The minimum absolute atomic E-state index is 0.0178. The minimum Gasteiger partial charge on any atom is -0.349 e. The Balaban J connectivity index is 1.81. The molecule has 0 saturated carbocycles. The smallest absolute Gasteiger partial charge is 0.349 e. The first-order valence-corrected chi connectivity index (χ1v) is 10.7. The highest BCUT2D eigenvalue weighted by Crippen LogP contribution is 2.41. The van der Waals surface area contributed by atoms with E-state index in [1.54, 1.807) is 18.2 Å². The number of amides is 1. The fourth-order valence-corrected chi connectivity index (χ4v) is 4.27. The lowest BCUT2D eigenvalue weighted by Gasteiger charge is -2.18. The Hall–Kier alpha value is -1.83. The molecule has 0 aromatic heterocycles. The lowest BCUT2D eigenvalue weighted by atomic mass is 9.96. The van der Waals surface area contributed by atoms with Crippen LogP contribution in [0.1, 0.15) is 47.1 Å². The maximum absolute atomic E-state index is 13.7. The van der Waals surface area contributed by atoms with E-state index in [9.17, 15) is 26.7 Å². The molecule has 2 unspecified atom stereocenters. The topological polar surface area (TPSA) is 29.1 Å². The molecule has 2 aromatic carbocycles. The Morgan fingerprint density at radius 3 is 2.38 bits per heavy atom. The van der Waals surface area contributed by atoms with Crippen LogP contribution in [0, 0.1) is 0 Å². The maximum Gasteiger partial charge on any atom is 0.399 e. The summed E-state index contributed by atoms with van der Waals surface area (Å²) in [6, 6.07) is 6.90. The van der Waals surface area contributed by atoms with Crippen LogP contribution in [0.15, 0.2) is 36.4 Å². The van der Waals surface area contributed by atoms with Gasteiger partial charge in [0.05, 0.1) is 33.4 Å². The molecule has 0 aliphatic heterocycles. The average Bonchev–Trinajstić information content (AvgIpc) is 3.06. The Morgan fingerprint density at radius 2 is 1.78 bits per heavy atom. The van der Waals surface area contributed by atoms with Gasteiger partial charge in [0.15, 0.2) is 0 Å². The van der Waals surface area contributed by atoms with Gasteiger partial charge in [-0.05, 0) is 47.2 Å². The number of alkyl halides is 5. The number of aryl methyl sites for hydroxylation is 1. The first kappa shape index (κ1) is 24.8. The lowest BCUT2D eigenvalue weighted by molar-refractivity contribution is -0.139. The molecule has 0 heterocycles. The van der Waals surface area contributed by atoms with Crippen LogP contribution in [0.25, 0.3) is 6.08 Å². The third kappa shape index (κ3) is 5.94. The summed E-state index contributed by atoms with van der Waals surface area (Å²) in [5.41, 5.74) is 2.00. The SMILES string of the molecule is O=C(CC(F)F)NC1CCc2cc(/C=C/C(c3cc(Cl)c(Cl)c(Cl)c3)C(F)(F)F)ccc21. The van der Waals surface area contributed by atoms with Crippen molar-refractivity contribution in [3.05, 3.63) is 73.7 Å². The van der Waals surface area contributed by atoms with Gasteiger partial charge in [0, 0.05) is 0 Å². The number of halogens is 8. The van der Waals surface area contributed by atoms with Crippen LogP contribution in [0.4, 0.5) is 22.0 Å². The molecule has 1 aliphatic carbocycles. The van der Waals surface area contributed by atoms with E-state index in [1.165, 1.54) is 6.08 Å². The number of carbonyl (C=O) groups excluding carboxylic acids is 1. The van der Waals surface area contributed by atoms with Gasteiger partial charge in [-0.15, -0.1) is 0 Å². The Labute approximate surface area is 196 Å². The van der Waals surface area contributed by atoms with Crippen molar-refractivity contribution in [2.45, 2.75) is 43.8 Å². The summed E-state index contributed by atoms with van der Waals surface area (Å²) < 4.78 is 65.8. The Kier molecular flexibility index (Phi) is 7.73. The molecule has 1 amide bonds. The molecule has 0 saturated heterocycles. The van der Waals surface area contributed by atoms with Gasteiger partial charge in [0.1, 0.15) is 0 Å². The standard InChI is InChI=1S/C22H17Cl3F5NO/c23-16-8-13(9-17(24)21(16)25)15(22(28,29)30)5-2-11-1-4-14-12(7-11)3-6-18(14)31-20(32)10-19(26)27/h1-2,4-5,7-9,15,18-19H,3,6,10H2,(H,31,32)/b5-2+. The molecular weight excluding hydrogens is 496 g/mol. The first-order valence-electron chi connectivity index (χ1n) is 9.55. The average molecular weight is 513 g/mol. The highest BCUT2D eigenvalue weighted by Gasteiger charge is 2.39. The van der Waals surface area contributed by atoms with Crippen molar-refractivity contribution < 1.29 is 26.7 Å². The van der Waals surface area contributed by atoms with Gasteiger partial charge in [0.2, 0.25) is 12.3 Å².